The number of aryl methyl sites for hydroxylation is 1. The molecule has 1 aliphatic rings. The van der Waals surface area contributed by atoms with Crippen LogP contribution in [0.1, 0.15) is 30.5 Å². The largest absolute Gasteiger partial charge is 0.463 e. The van der Waals surface area contributed by atoms with E-state index in [4.69, 9.17) is 16.0 Å². The maximum Gasteiger partial charge on any atom is 0.255 e. The van der Waals surface area contributed by atoms with Crippen molar-refractivity contribution in [2.45, 2.75) is 32.1 Å². The topological polar surface area (TPSA) is 106 Å². The zero-order valence-electron chi connectivity index (χ0n) is 14.5. The number of carbonyl (C=O) groups is 1. The number of nitrogens with one attached hydrogen (secondary N) is 2. The smallest absolute Gasteiger partial charge is 0.255 e. The molecule has 2 N–H and O–H groups in total. The summed E-state index contributed by atoms with van der Waals surface area (Å²) in [5.41, 5.74) is 1.87. The molecule has 0 unspecified atom stereocenters. The third kappa shape index (κ3) is 3.52. The number of amides is 1. The van der Waals surface area contributed by atoms with Gasteiger partial charge in [-0.25, -0.2) is 4.98 Å². The maximum atomic E-state index is 12.4. The fourth-order valence-electron chi connectivity index (χ4n) is 3.14. The van der Waals surface area contributed by atoms with Gasteiger partial charge in [0.05, 0.1) is 12.0 Å². The Labute approximate surface area is 159 Å². The van der Waals surface area contributed by atoms with E-state index in [0.29, 0.717) is 36.0 Å². The third-order valence-electron chi connectivity index (χ3n) is 4.42. The van der Waals surface area contributed by atoms with Crippen LogP contribution in [0.2, 0.25) is 0 Å². The van der Waals surface area contributed by atoms with Crippen molar-refractivity contribution in [1.82, 2.24) is 19.7 Å². The molecule has 8 nitrogen and oxygen atoms in total. The van der Waals surface area contributed by atoms with Gasteiger partial charge in [0, 0.05) is 23.9 Å². The van der Waals surface area contributed by atoms with Gasteiger partial charge in [-0.15, -0.1) is 11.6 Å². The van der Waals surface area contributed by atoms with E-state index in [1.54, 1.807) is 24.5 Å². The highest BCUT2D eigenvalue weighted by atomic mass is 35.5. The van der Waals surface area contributed by atoms with Gasteiger partial charge in [0.15, 0.2) is 5.76 Å². The lowest BCUT2D eigenvalue weighted by Gasteiger charge is -2.09. The first-order valence-electron chi connectivity index (χ1n) is 8.78. The molecule has 0 spiro atoms. The summed E-state index contributed by atoms with van der Waals surface area (Å²) in [5, 5.41) is 7.28. The molecular formula is C18H18ClN5O3. The predicted molar refractivity (Wildman–Crippen MR) is 100 cm³/mol. The van der Waals surface area contributed by atoms with Crippen LogP contribution in [0.5, 0.6) is 0 Å². The van der Waals surface area contributed by atoms with Gasteiger partial charge in [-0.1, -0.05) is 0 Å². The lowest BCUT2D eigenvalue weighted by molar-refractivity contribution is -0.116. The highest BCUT2D eigenvalue weighted by Crippen LogP contribution is 2.25. The lowest BCUT2D eigenvalue weighted by atomic mass is 10.3. The summed E-state index contributed by atoms with van der Waals surface area (Å²) in [6.07, 6.45) is 4.81. The van der Waals surface area contributed by atoms with Crippen molar-refractivity contribution >= 4 is 23.3 Å². The van der Waals surface area contributed by atoms with Gasteiger partial charge in [0.25, 0.3) is 5.56 Å². The summed E-state index contributed by atoms with van der Waals surface area (Å²) in [7, 11) is 0. The van der Waals surface area contributed by atoms with Crippen molar-refractivity contribution in [3.8, 4) is 17.4 Å². The molecule has 1 amide bonds. The summed E-state index contributed by atoms with van der Waals surface area (Å²) in [4.78, 5) is 31.9. The average molecular weight is 388 g/mol. The van der Waals surface area contributed by atoms with Crippen LogP contribution < -0.4 is 10.9 Å². The quantitative estimate of drug-likeness (QED) is 0.632. The molecule has 3 aromatic heterocycles. The molecule has 0 aliphatic heterocycles. The summed E-state index contributed by atoms with van der Waals surface area (Å²) in [6, 6.07) is 5.21. The number of hydrogen-bond donors (Lipinski definition) is 2. The second kappa shape index (κ2) is 7.40. The first kappa shape index (κ1) is 17.5. The molecule has 27 heavy (non-hydrogen) atoms. The molecule has 140 valence electrons. The Morgan fingerprint density at radius 3 is 3.07 bits per heavy atom. The van der Waals surface area contributed by atoms with Crippen LogP contribution in [0.3, 0.4) is 0 Å². The van der Waals surface area contributed by atoms with Gasteiger partial charge in [0.2, 0.25) is 11.9 Å². The van der Waals surface area contributed by atoms with Gasteiger partial charge in [-0.3, -0.25) is 14.6 Å². The standard InChI is InChI=1S/C18H18ClN5O3/c19-8-2-7-16(25)21-15-10-13(14-6-3-9-27-14)23-24(15)18-20-12-5-1-4-11(12)17(26)22-18/h3,6,9-10H,1-2,4-5,7-8H2,(H,21,25)(H,20,22,26). The van der Waals surface area contributed by atoms with Crippen molar-refractivity contribution in [3.05, 3.63) is 46.1 Å². The fourth-order valence-corrected chi connectivity index (χ4v) is 3.27. The minimum atomic E-state index is -0.189. The van der Waals surface area contributed by atoms with E-state index in [-0.39, 0.29) is 17.4 Å². The number of hydrogen-bond acceptors (Lipinski definition) is 5. The van der Waals surface area contributed by atoms with Gasteiger partial charge in [-0.05, 0) is 37.8 Å². The third-order valence-corrected chi connectivity index (χ3v) is 4.68. The number of aromatic nitrogens is 4. The average Bonchev–Trinajstić information content (AvgIpc) is 3.39. The van der Waals surface area contributed by atoms with E-state index >= 15 is 0 Å². The Balaban J connectivity index is 1.75. The Morgan fingerprint density at radius 2 is 2.30 bits per heavy atom. The molecule has 1 aliphatic carbocycles. The van der Waals surface area contributed by atoms with Crippen molar-refractivity contribution in [1.29, 1.82) is 0 Å². The number of nitrogens with zero attached hydrogens (tertiary/aromatic N) is 3. The second-order valence-corrected chi connectivity index (χ2v) is 6.69. The number of fused-ring (bicyclic) bond motifs is 1. The predicted octanol–water partition coefficient (Wildman–Crippen LogP) is 2.66. The number of anilines is 1. The Hall–Kier alpha value is -2.87. The van der Waals surface area contributed by atoms with Crippen LogP contribution in [0.15, 0.2) is 33.7 Å². The van der Waals surface area contributed by atoms with Crippen molar-refractivity contribution in [2.75, 3.05) is 11.2 Å². The number of furan rings is 1. The SMILES string of the molecule is O=C(CCCCl)Nc1cc(-c2ccco2)nn1-c1nc2c(c(=O)[nH]1)CCC2. The normalized spacial score (nSPS) is 12.9. The molecule has 0 fully saturated rings. The van der Waals surface area contributed by atoms with Gasteiger partial charge in [0.1, 0.15) is 11.5 Å². The maximum absolute atomic E-state index is 12.4. The molecule has 0 radical (unpaired) electrons. The first-order valence-corrected chi connectivity index (χ1v) is 9.31. The molecule has 0 aromatic carbocycles. The lowest BCUT2D eigenvalue weighted by Crippen LogP contribution is -2.21. The van der Waals surface area contributed by atoms with Gasteiger partial charge in [-0.2, -0.15) is 9.78 Å². The summed E-state index contributed by atoms with van der Waals surface area (Å²) < 4.78 is 6.82. The number of halogens is 1. The minimum Gasteiger partial charge on any atom is -0.463 e. The zero-order chi connectivity index (χ0) is 18.8. The fraction of sp³-hybridized carbons (Fsp3) is 0.333. The molecule has 3 aromatic rings. The van der Waals surface area contributed by atoms with Crippen LogP contribution in [-0.4, -0.2) is 31.5 Å². The van der Waals surface area contributed by atoms with E-state index in [2.05, 4.69) is 20.4 Å². The van der Waals surface area contributed by atoms with Gasteiger partial charge >= 0.3 is 0 Å². The number of alkyl halides is 1. The van der Waals surface area contributed by atoms with Crippen molar-refractivity contribution in [2.24, 2.45) is 0 Å². The van der Waals surface area contributed by atoms with Crippen molar-refractivity contribution in [3.63, 3.8) is 0 Å². The number of H-pyrrole nitrogens is 1. The van der Waals surface area contributed by atoms with Crippen LogP contribution in [0.4, 0.5) is 5.82 Å². The van der Waals surface area contributed by atoms with E-state index in [1.807, 2.05) is 0 Å². The minimum absolute atomic E-state index is 0.165. The Kier molecular flexibility index (Phi) is 4.81. The van der Waals surface area contributed by atoms with Crippen LogP contribution in [0.25, 0.3) is 17.4 Å². The summed E-state index contributed by atoms with van der Waals surface area (Å²) >= 11 is 5.66. The monoisotopic (exact) mass is 387 g/mol. The van der Waals surface area contributed by atoms with Crippen LogP contribution in [0, 0.1) is 0 Å². The molecule has 9 heteroatoms. The highest BCUT2D eigenvalue weighted by molar-refractivity contribution is 6.18. The molecule has 0 bridgehead atoms. The molecular weight excluding hydrogens is 370 g/mol. The molecule has 4 rings (SSSR count). The Morgan fingerprint density at radius 1 is 1.41 bits per heavy atom. The van der Waals surface area contributed by atoms with E-state index in [1.165, 1.54) is 4.68 Å². The summed E-state index contributed by atoms with van der Waals surface area (Å²) in [5.74, 6) is 1.44. The van der Waals surface area contributed by atoms with E-state index in [9.17, 15) is 9.59 Å². The van der Waals surface area contributed by atoms with Gasteiger partial charge < -0.3 is 9.73 Å². The van der Waals surface area contributed by atoms with E-state index in [0.717, 1.165) is 30.5 Å². The number of aromatic amines is 1. The molecule has 0 saturated heterocycles. The Bertz CT molecular complexity index is 1020. The van der Waals surface area contributed by atoms with Crippen LogP contribution in [-0.2, 0) is 17.6 Å². The second-order valence-electron chi connectivity index (χ2n) is 6.31. The first-order chi connectivity index (χ1) is 13.2. The zero-order valence-corrected chi connectivity index (χ0v) is 15.3. The molecule has 0 atom stereocenters. The number of rotatable bonds is 6. The van der Waals surface area contributed by atoms with Crippen LogP contribution >= 0.6 is 11.6 Å². The summed E-state index contributed by atoms with van der Waals surface area (Å²) in [6.45, 7) is 0. The number of carbonyl (C=O) groups excluding carboxylic acids is 1. The van der Waals surface area contributed by atoms with E-state index < -0.39 is 0 Å². The highest BCUT2D eigenvalue weighted by Gasteiger charge is 2.21. The van der Waals surface area contributed by atoms with Crippen molar-refractivity contribution < 1.29 is 9.21 Å². The molecule has 3 heterocycles. The molecule has 0 saturated carbocycles.